The number of carboxylic acids is 1. The second kappa shape index (κ2) is 7.95. The van der Waals surface area contributed by atoms with E-state index < -0.39 is 5.97 Å². The lowest BCUT2D eigenvalue weighted by Gasteiger charge is -2.09. The summed E-state index contributed by atoms with van der Waals surface area (Å²) in [6.45, 7) is 4.32. The topological polar surface area (TPSA) is 58.6 Å². The van der Waals surface area contributed by atoms with Crippen LogP contribution in [-0.2, 0) is 4.74 Å². The Morgan fingerprint density at radius 3 is 2.83 bits per heavy atom. The summed E-state index contributed by atoms with van der Waals surface area (Å²) in [5.74, 6) is -0.976. The summed E-state index contributed by atoms with van der Waals surface area (Å²) in [7, 11) is 0. The number of anilines is 1. The van der Waals surface area contributed by atoms with Crippen LogP contribution >= 0.6 is 11.6 Å². The highest BCUT2D eigenvalue weighted by Gasteiger charge is 2.06. The molecular weight excluding hydrogens is 254 g/mol. The molecule has 0 heterocycles. The molecule has 18 heavy (non-hydrogen) atoms. The van der Waals surface area contributed by atoms with Gasteiger partial charge in [-0.25, -0.2) is 4.79 Å². The van der Waals surface area contributed by atoms with Gasteiger partial charge in [-0.2, -0.15) is 0 Å². The number of carboxylic acid groups (broad SMARTS) is 1. The van der Waals surface area contributed by atoms with Gasteiger partial charge in [0.25, 0.3) is 0 Å². The highest BCUT2D eigenvalue weighted by atomic mass is 35.5. The predicted octanol–water partition coefficient (Wildman–Crippen LogP) is 3.27. The van der Waals surface area contributed by atoms with Crippen molar-refractivity contribution in [3.8, 4) is 0 Å². The van der Waals surface area contributed by atoms with E-state index in [1.165, 1.54) is 12.1 Å². The van der Waals surface area contributed by atoms with Crippen LogP contribution in [0.25, 0.3) is 0 Å². The van der Waals surface area contributed by atoms with Crippen molar-refractivity contribution in [2.75, 3.05) is 25.1 Å². The third kappa shape index (κ3) is 4.94. The number of aromatic carboxylic acids is 1. The highest BCUT2D eigenvalue weighted by molar-refractivity contribution is 6.33. The maximum Gasteiger partial charge on any atom is 0.335 e. The first-order chi connectivity index (χ1) is 8.65. The van der Waals surface area contributed by atoms with Crippen molar-refractivity contribution in [3.05, 3.63) is 28.8 Å². The molecule has 0 spiro atoms. The lowest BCUT2D eigenvalue weighted by atomic mass is 10.2. The summed E-state index contributed by atoms with van der Waals surface area (Å²) in [5.41, 5.74) is 0.939. The van der Waals surface area contributed by atoms with Gasteiger partial charge >= 0.3 is 5.97 Å². The Labute approximate surface area is 112 Å². The van der Waals surface area contributed by atoms with Crippen molar-refractivity contribution in [1.82, 2.24) is 0 Å². The predicted molar refractivity (Wildman–Crippen MR) is 72.6 cm³/mol. The zero-order chi connectivity index (χ0) is 13.4. The minimum atomic E-state index is -0.976. The molecule has 1 aromatic carbocycles. The van der Waals surface area contributed by atoms with Crippen molar-refractivity contribution in [1.29, 1.82) is 0 Å². The van der Waals surface area contributed by atoms with Crippen LogP contribution in [0.3, 0.4) is 0 Å². The van der Waals surface area contributed by atoms with Crippen LogP contribution in [0.2, 0.25) is 5.02 Å². The van der Waals surface area contributed by atoms with Gasteiger partial charge in [0.1, 0.15) is 0 Å². The lowest BCUT2D eigenvalue weighted by molar-refractivity contribution is 0.0697. The van der Waals surface area contributed by atoms with Gasteiger partial charge in [0.15, 0.2) is 0 Å². The molecule has 2 N–H and O–H groups in total. The van der Waals surface area contributed by atoms with E-state index in [0.717, 1.165) is 31.7 Å². The summed E-state index contributed by atoms with van der Waals surface area (Å²) in [4.78, 5) is 10.7. The molecule has 0 unspecified atom stereocenters. The summed E-state index contributed by atoms with van der Waals surface area (Å²) >= 11 is 5.98. The Balaban J connectivity index is 2.36. The Hall–Kier alpha value is -1.26. The Bertz CT molecular complexity index is 396. The van der Waals surface area contributed by atoms with E-state index in [1.54, 1.807) is 6.07 Å². The normalized spacial score (nSPS) is 10.3. The van der Waals surface area contributed by atoms with Crippen LogP contribution in [0.15, 0.2) is 18.2 Å². The molecule has 1 rings (SSSR count). The fourth-order valence-electron chi connectivity index (χ4n) is 1.44. The number of hydrogen-bond donors (Lipinski definition) is 2. The van der Waals surface area contributed by atoms with Gasteiger partial charge in [-0.1, -0.05) is 18.5 Å². The minimum absolute atomic E-state index is 0.192. The highest BCUT2D eigenvalue weighted by Crippen LogP contribution is 2.22. The smallest absolute Gasteiger partial charge is 0.335 e. The van der Waals surface area contributed by atoms with Crippen molar-refractivity contribution in [2.45, 2.75) is 19.8 Å². The average Bonchev–Trinajstić information content (AvgIpc) is 2.35. The second-order valence-electron chi connectivity index (χ2n) is 3.89. The third-order valence-corrected chi connectivity index (χ3v) is 2.66. The van der Waals surface area contributed by atoms with E-state index in [-0.39, 0.29) is 5.56 Å². The molecule has 0 aromatic heterocycles. The largest absolute Gasteiger partial charge is 0.478 e. The maximum absolute atomic E-state index is 10.7. The SMILES string of the molecule is CCCOCCCNc1ccc(C(=O)O)cc1Cl. The molecule has 0 aliphatic rings. The van der Waals surface area contributed by atoms with Crippen LogP contribution in [0, 0.1) is 0 Å². The minimum Gasteiger partial charge on any atom is -0.478 e. The van der Waals surface area contributed by atoms with Gasteiger partial charge in [0, 0.05) is 19.8 Å². The zero-order valence-corrected chi connectivity index (χ0v) is 11.2. The van der Waals surface area contributed by atoms with E-state index in [4.69, 9.17) is 21.4 Å². The number of carbonyl (C=O) groups is 1. The monoisotopic (exact) mass is 271 g/mol. The van der Waals surface area contributed by atoms with E-state index in [2.05, 4.69) is 12.2 Å². The molecule has 5 heteroatoms. The van der Waals surface area contributed by atoms with E-state index >= 15 is 0 Å². The lowest BCUT2D eigenvalue weighted by Crippen LogP contribution is -2.07. The first-order valence-corrected chi connectivity index (χ1v) is 6.37. The molecule has 0 fully saturated rings. The van der Waals surface area contributed by atoms with Gasteiger partial charge in [-0.3, -0.25) is 0 Å². The van der Waals surface area contributed by atoms with Gasteiger partial charge in [0.05, 0.1) is 16.3 Å². The summed E-state index contributed by atoms with van der Waals surface area (Å²) in [6.07, 6.45) is 1.91. The molecule has 0 saturated heterocycles. The first-order valence-electron chi connectivity index (χ1n) is 5.99. The van der Waals surface area contributed by atoms with Crippen LogP contribution in [-0.4, -0.2) is 30.8 Å². The fraction of sp³-hybridized carbons (Fsp3) is 0.462. The van der Waals surface area contributed by atoms with Gasteiger partial charge < -0.3 is 15.2 Å². The zero-order valence-electron chi connectivity index (χ0n) is 10.4. The van der Waals surface area contributed by atoms with Crippen LogP contribution in [0.4, 0.5) is 5.69 Å². The Morgan fingerprint density at radius 2 is 2.22 bits per heavy atom. The van der Waals surface area contributed by atoms with Gasteiger partial charge in [0.2, 0.25) is 0 Å². The Morgan fingerprint density at radius 1 is 1.44 bits per heavy atom. The molecule has 100 valence electrons. The second-order valence-corrected chi connectivity index (χ2v) is 4.30. The molecule has 0 atom stereocenters. The number of ether oxygens (including phenoxy) is 1. The molecule has 0 aliphatic carbocycles. The van der Waals surface area contributed by atoms with E-state index in [9.17, 15) is 4.79 Å². The number of nitrogens with one attached hydrogen (secondary N) is 1. The first kappa shape index (κ1) is 14.8. The molecule has 0 saturated carbocycles. The number of hydrogen-bond acceptors (Lipinski definition) is 3. The molecule has 1 aromatic rings. The van der Waals surface area contributed by atoms with Gasteiger partial charge in [-0.05, 0) is 31.0 Å². The van der Waals surface area contributed by atoms with Crippen molar-refractivity contribution in [2.24, 2.45) is 0 Å². The van der Waals surface area contributed by atoms with Crippen molar-refractivity contribution < 1.29 is 14.6 Å². The van der Waals surface area contributed by atoms with Crippen LogP contribution < -0.4 is 5.32 Å². The average molecular weight is 272 g/mol. The maximum atomic E-state index is 10.7. The summed E-state index contributed by atoms with van der Waals surface area (Å²) < 4.78 is 5.35. The van der Waals surface area contributed by atoms with Crippen LogP contribution in [0.5, 0.6) is 0 Å². The Kier molecular flexibility index (Phi) is 6.54. The quantitative estimate of drug-likeness (QED) is 0.713. The molecule has 0 radical (unpaired) electrons. The summed E-state index contributed by atoms with van der Waals surface area (Å²) in [5, 5.41) is 12.4. The molecule has 4 nitrogen and oxygen atoms in total. The molecule has 0 amide bonds. The fourth-order valence-corrected chi connectivity index (χ4v) is 1.68. The third-order valence-electron chi connectivity index (χ3n) is 2.35. The van der Waals surface area contributed by atoms with E-state index in [1.807, 2.05) is 0 Å². The number of rotatable bonds is 8. The summed E-state index contributed by atoms with van der Waals surface area (Å²) in [6, 6.07) is 4.66. The van der Waals surface area contributed by atoms with Gasteiger partial charge in [-0.15, -0.1) is 0 Å². The van der Waals surface area contributed by atoms with Crippen LogP contribution in [0.1, 0.15) is 30.1 Å². The number of benzene rings is 1. The molecule has 0 aliphatic heterocycles. The van der Waals surface area contributed by atoms with E-state index in [0.29, 0.717) is 11.6 Å². The van der Waals surface area contributed by atoms with Crippen molar-refractivity contribution in [3.63, 3.8) is 0 Å². The number of halogens is 1. The molecular formula is C13H18ClNO3. The standard InChI is InChI=1S/C13H18ClNO3/c1-2-7-18-8-3-6-15-12-5-4-10(13(16)17)9-11(12)14/h4-5,9,15H,2-3,6-8H2,1H3,(H,16,17). The van der Waals surface area contributed by atoms with Crippen molar-refractivity contribution >= 4 is 23.3 Å². The molecule has 0 bridgehead atoms.